The van der Waals surface area contributed by atoms with Crippen molar-refractivity contribution in [1.29, 1.82) is 0 Å². The summed E-state index contributed by atoms with van der Waals surface area (Å²) in [6.45, 7) is 3.33. The summed E-state index contributed by atoms with van der Waals surface area (Å²) < 4.78 is 28.8. The maximum atomic E-state index is 11.8. The molecule has 1 heterocycles. The quantitative estimate of drug-likeness (QED) is 0.851. The zero-order valence-electron chi connectivity index (χ0n) is 9.55. The van der Waals surface area contributed by atoms with Crippen molar-refractivity contribution in [3.63, 3.8) is 0 Å². The van der Waals surface area contributed by atoms with Gasteiger partial charge in [0.05, 0.1) is 11.0 Å². The predicted molar refractivity (Wildman–Crippen MR) is 68.0 cm³/mol. The lowest BCUT2D eigenvalue weighted by Gasteiger charge is -2.10. The first-order valence-electron chi connectivity index (χ1n) is 5.28. The van der Waals surface area contributed by atoms with E-state index in [9.17, 15) is 8.42 Å². The molecule has 0 amide bonds. The third kappa shape index (κ3) is 3.67. The van der Waals surface area contributed by atoms with E-state index in [1.54, 1.807) is 24.3 Å². The van der Waals surface area contributed by atoms with E-state index in [2.05, 4.69) is 5.32 Å². The highest BCUT2D eigenvalue weighted by atomic mass is 35.5. The Balaban J connectivity index is 0.00000144. The molecule has 6 heteroatoms. The van der Waals surface area contributed by atoms with Crippen LogP contribution in [0.2, 0.25) is 0 Å². The van der Waals surface area contributed by atoms with Crippen LogP contribution in [0, 0.1) is 6.92 Å². The van der Waals surface area contributed by atoms with Crippen molar-refractivity contribution in [3.8, 4) is 0 Å². The smallest absolute Gasteiger partial charge is 0.297 e. The molecule has 0 aromatic heterocycles. The van der Waals surface area contributed by atoms with Crippen LogP contribution in [0.3, 0.4) is 0 Å². The van der Waals surface area contributed by atoms with Gasteiger partial charge in [-0.1, -0.05) is 17.7 Å². The summed E-state index contributed by atoms with van der Waals surface area (Å²) in [5.41, 5.74) is 1.03. The Morgan fingerprint density at radius 1 is 1.29 bits per heavy atom. The molecule has 0 radical (unpaired) electrons. The summed E-state index contributed by atoms with van der Waals surface area (Å²) in [5.74, 6) is 0. The molecule has 1 saturated heterocycles. The van der Waals surface area contributed by atoms with E-state index in [0.717, 1.165) is 18.5 Å². The highest BCUT2D eigenvalue weighted by Crippen LogP contribution is 2.17. The van der Waals surface area contributed by atoms with Crippen LogP contribution in [-0.4, -0.2) is 27.6 Å². The fourth-order valence-corrected chi connectivity index (χ4v) is 2.75. The molecule has 1 aliphatic rings. The molecular formula is C11H16ClNO3S. The van der Waals surface area contributed by atoms with Gasteiger partial charge < -0.3 is 5.32 Å². The van der Waals surface area contributed by atoms with E-state index in [1.165, 1.54) is 0 Å². The van der Waals surface area contributed by atoms with Gasteiger partial charge in [-0.25, -0.2) is 0 Å². The molecule has 1 aromatic rings. The second-order valence-electron chi connectivity index (χ2n) is 3.98. The highest BCUT2D eigenvalue weighted by molar-refractivity contribution is 7.86. The summed E-state index contributed by atoms with van der Waals surface area (Å²) in [4.78, 5) is 0.227. The van der Waals surface area contributed by atoms with Gasteiger partial charge in [-0.2, -0.15) is 8.42 Å². The molecule has 0 bridgehead atoms. The fourth-order valence-electron chi connectivity index (χ4n) is 1.65. The van der Waals surface area contributed by atoms with Gasteiger partial charge in [0, 0.05) is 6.54 Å². The summed E-state index contributed by atoms with van der Waals surface area (Å²) in [7, 11) is -3.60. The molecule has 17 heavy (non-hydrogen) atoms. The molecule has 1 aromatic carbocycles. The van der Waals surface area contributed by atoms with Crippen molar-refractivity contribution in [1.82, 2.24) is 5.32 Å². The molecule has 96 valence electrons. The molecule has 1 aliphatic heterocycles. The Morgan fingerprint density at radius 3 is 2.47 bits per heavy atom. The minimum atomic E-state index is -3.60. The van der Waals surface area contributed by atoms with Crippen molar-refractivity contribution in [2.75, 3.05) is 13.1 Å². The third-order valence-corrected chi connectivity index (χ3v) is 3.96. The van der Waals surface area contributed by atoms with Gasteiger partial charge in [-0.15, -0.1) is 12.4 Å². The Bertz CT molecular complexity index is 452. The van der Waals surface area contributed by atoms with E-state index < -0.39 is 10.1 Å². The Kier molecular flexibility index (Phi) is 4.94. The van der Waals surface area contributed by atoms with Crippen LogP contribution < -0.4 is 5.32 Å². The number of halogens is 1. The van der Waals surface area contributed by atoms with E-state index in [4.69, 9.17) is 4.18 Å². The summed E-state index contributed by atoms with van der Waals surface area (Å²) in [5, 5.41) is 3.07. The standard InChI is InChI=1S/C11H15NO3S.ClH/c1-9-2-4-11(5-3-9)16(13,14)15-10-6-7-12-8-10;/h2-5,10,12H,6-8H2,1H3;1H/t10-;/m0./s1. The number of rotatable bonds is 3. The predicted octanol–water partition coefficient (Wildman–Crippen LogP) is 1.48. The van der Waals surface area contributed by atoms with Crippen molar-refractivity contribution >= 4 is 22.5 Å². The van der Waals surface area contributed by atoms with E-state index in [1.807, 2.05) is 6.92 Å². The first kappa shape index (κ1) is 14.4. The maximum absolute atomic E-state index is 11.8. The maximum Gasteiger partial charge on any atom is 0.297 e. The lowest BCUT2D eigenvalue weighted by Crippen LogP contribution is -2.21. The monoisotopic (exact) mass is 277 g/mol. The number of aryl methyl sites for hydroxylation is 1. The Morgan fingerprint density at radius 2 is 1.94 bits per heavy atom. The molecule has 1 fully saturated rings. The van der Waals surface area contributed by atoms with Crippen molar-refractivity contribution in [2.45, 2.75) is 24.3 Å². The largest absolute Gasteiger partial charge is 0.314 e. The number of hydrogen-bond donors (Lipinski definition) is 1. The minimum Gasteiger partial charge on any atom is -0.314 e. The fraction of sp³-hybridized carbons (Fsp3) is 0.455. The highest BCUT2D eigenvalue weighted by Gasteiger charge is 2.24. The van der Waals surface area contributed by atoms with Crippen LogP contribution in [0.5, 0.6) is 0 Å². The van der Waals surface area contributed by atoms with E-state index in [-0.39, 0.29) is 23.4 Å². The van der Waals surface area contributed by atoms with Gasteiger partial charge in [-0.3, -0.25) is 4.18 Å². The van der Waals surface area contributed by atoms with Crippen LogP contribution in [0.15, 0.2) is 29.2 Å². The topological polar surface area (TPSA) is 55.4 Å². The average molecular weight is 278 g/mol. The zero-order valence-corrected chi connectivity index (χ0v) is 11.2. The molecule has 1 atom stereocenters. The minimum absolute atomic E-state index is 0. The SMILES string of the molecule is Cc1ccc(S(=O)(=O)O[C@H]2CCNC2)cc1.Cl. The van der Waals surface area contributed by atoms with Crippen LogP contribution in [-0.2, 0) is 14.3 Å². The molecule has 0 saturated carbocycles. The normalized spacial score (nSPS) is 19.9. The van der Waals surface area contributed by atoms with Gasteiger partial charge >= 0.3 is 0 Å². The van der Waals surface area contributed by atoms with Crippen LogP contribution >= 0.6 is 12.4 Å². The van der Waals surface area contributed by atoms with Gasteiger partial charge in [0.15, 0.2) is 0 Å². The molecular weight excluding hydrogens is 262 g/mol. The van der Waals surface area contributed by atoms with E-state index in [0.29, 0.717) is 6.54 Å². The third-order valence-electron chi connectivity index (χ3n) is 2.59. The van der Waals surface area contributed by atoms with Gasteiger partial charge in [0.2, 0.25) is 0 Å². The number of benzene rings is 1. The van der Waals surface area contributed by atoms with Crippen molar-refractivity contribution in [2.24, 2.45) is 0 Å². The van der Waals surface area contributed by atoms with E-state index >= 15 is 0 Å². The zero-order chi connectivity index (χ0) is 11.6. The van der Waals surface area contributed by atoms with Gasteiger partial charge in [-0.05, 0) is 32.0 Å². The Hall–Kier alpha value is -0.620. The summed E-state index contributed by atoms with van der Waals surface area (Å²) >= 11 is 0. The first-order valence-corrected chi connectivity index (χ1v) is 6.69. The van der Waals surface area contributed by atoms with Crippen molar-refractivity contribution < 1.29 is 12.6 Å². The molecule has 0 unspecified atom stereocenters. The molecule has 0 spiro atoms. The lowest BCUT2D eigenvalue weighted by molar-refractivity contribution is 0.230. The Labute approximate surface area is 108 Å². The molecule has 4 nitrogen and oxygen atoms in total. The number of nitrogens with one attached hydrogen (secondary N) is 1. The van der Waals surface area contributed by atoms with Crippen LogP contribution in [0.1, 0.15) is 12.0 Å². The lowest BCUT2D eigenvalue weighted by atomic mass is 10.2. The average Bonchev–Trinajstić information content (AvgIpc) is 2.70. The van der Waals surface area contributed by atoms with Crippen LogP contribution in [0.4, 0.5) is 0 Å². The van der Waals surface area contributed by atoms with Crippen molar-refractivity contribution in [3.05, 3.63) is 29.8 Å². The summed E-state index contributed by atoms with van der Waals surface area (Å²) in [6.07, 6.45) is 0.511. The van der Waals surface area contributed by atoms with Crippen LogP contribution in [0.25, 0.3) is 0 Å². The van der Waals surface area contributed by atoms with Gasteiger partial charge in [0.1, 0.15) is 0 Å². The first-order chi connectivity index (χ1) is 7.58. The molecule has 2 rings (SSSR count). The number of hydrogen-bond acceptors (Lipinski definition) is 4. The molecule has 1 N–H and O–H groups in total. The summed E-state index contributed by atoms with van der Waals surface area (Å²) in [6, 6.07) is 6.69. The van der Waals surface area contributed by atoms with Gasteiger partial charge in [0.25, 0.3) is 10.1 Å². The molecule has 0 aliphatic carbocycles. The second kappa shape index (κ2) is 5.82. The second-order valence-corrected chi connectivity index (χ2v) is 5.55.